The second kappa shape index (κ2) is 8.53. The maximum absolute atomic E-state index is 12.1. The normalized spacial score (nSPS) is 9.95. The Morgan fingerprint density at radius 1 is 1.30 bits per heavy atom. The summed E-state index contributed by atoms with van der Waals surface area (Å²) in [7, 11) is 0. The highest BCUT2D eigenvalue weighted by molar-refractivity contribution is 7.80. The third-order valence-electron chi connectivity index (χ3n) is 2.84. The van der Waals surface area contributed by atoms with Crippen molar-refractivity contribution >= 4 is 23.2 Å². The van der Waals surface area contributed by atoms with E-state index >= 15 is 0 Å². The molecule has 1 aromatic carbocycles. The molecule has 0 heterocycles. The summed E-state index contributed by atoms with van der Waals surface area (Å²) in [5.74, 6) is 0.497. The van der Waals surface area contributed by atoms with Gasteiger partial charge in [-0.1, -0.05) is 13.0 Å². The molecular weight excluding hydrogens is 272 g/mol. The van der Waals surface area contributed by atoms with Crippen molar-refractivity contribution in [3.05, 3.63) is 29.8 Å². The van der Waals surface area contributed by atoms with Crippen molar-refractivity contribution in [3.63, 3.8) is 0 Å². The zero-order valence-electron chi connectivity index (χ0n) is 12.3. The molecule has 0 aliphatic heterocycles. The molecule has 0 aromatic heterocycles. The molecule has 0 fully saturated rings. The zero-order valence-corrected chi connectivity index (χ0v) is 13.1. The van der Waals surface area contributed by atoms with Crippen molar-refractivity contribution in [3.8, 4) is 5.75 Å². The first-order chi connectivity index (χ1) is 9.62. The Morgan fingerprint density at radius 3 is 2.60 bits per heavy atom. The molecule has 1 amide bonds. The van der Waals surface area contributed by atoms with Gasteiger partial charge in [0, 0.05) is 18.7 Å². The lowest BCUT2D eigenvalue weighted by Gasteiger charge is -2.21. The predicted octanol–water partition coefficient (Wildman–Crippen LogP) is 2.83. The van der Waals surface area contributed by atoms with E-state index in [0.717, 1.165) is 19.5 Å². The Morgan fingerprint density at radius 2 is 2.00 bits per heavy atom. The van der Waals surface area contributed by atoms with Gasteiger partial charge in [0.05, 0.1) is 6.61 Å². The molecule has 1 N–H and O–H groups in total. The molecule has 0 spiro atoms. The first-order valence-corrected chi connectivity index (χ1v) is 7.36. The third kappa shape index (κ3) is 4.81. The number of rotatable bonds is 6. The maximum atomic E-state index is 12.1. The van der Waals surface area contributed by atoms with Gasteiger partial charge >= 0.3 is 0 Å². The van der Waals surface area contributed by atoms with E-state index in [9.17, 15) is 4.79 Å². The van der Waals surface area contributed by atoms with Gasteiger partial charge in [-0.2, -0.15) is 0 Å². The van der Waals surface area contributed by atoms with Crippen LogP contribution < -0.4 is 10.1 Å². The van der Waals surface area contributed by atoms with Crippen LogP contribution in [0.2, 0.25) is 0 Å². The number of hydrogen-bond donors (Lipinski definition) is 1. The lowest BCUT2D eigenvalue weighted by atomic mass is 10.2. The Bertz CT molecular complexity index is 459. The number of ether oxygens (including phenoxy) is 1. The van der Waals surface area contributed by atoms with E-state index < -0.39 is 0 Å². The molecule has 1 rings (SSSR count). The zero-order chi connectivity index (χ0) is 15.0. The molecule has 110 valence electrons. The van der Waals surface area contributed by atoms with Gasteiger partial charge in [0.15, 0.2) is 5.11 Å². The fraction of sp³-hybridized carbons (Fsp3) is 0.467. The van der Waals surface area contributed by atoms with Crippen LogP contribution in [0.4, 0.5) is 0 Å². The number of nitrogens with one attached hydrogen (secondary N) is 1. The predicted molar refractivity (Wildman–Crippen MR) is 85.2 cm³/mol. The average molecular weight is 294 g/mol. The van der Waals surface area contributed by atoms with E-state index in [1.807, 2.05) is 31.7 Å². The second-order valence-electron chi connectivity index (χ2n) is 4.31. The largest absolute Gasteiger partial charge is 0.494 e. The monoisotopic (exact) mass is 294 g/mol. The Balaban J connectivity index is 2.69. The van der Waals surface area contributed by atoms with Gasteiger partial charge < -0.3 is 9.64 Å². The minimum absolute atomic E-state index is 0.205. The number of nitrogens with zero attached hydrogens (tertiary/aromatic N) is 1. The van der Waals surface area contributed by atoms with Crippen molar-refractivity contribution in [1.29, 1.82) is 0 Å². The van der Waals surface area contributed by atoms with Crippen LogP contribution in [0.15, 0.2) is 24.3 Å². The summed E-state index contributed by atoms with van der Waals surface area (Å²) in [5, 5.41) is 3.20. The maximum Gasteiger partial charge on any atom is 0.257 e. The Kier molecular flexibility index (Phi) is 7.01. The van der Waals surface area contributed by atoms with Gasteiger partial charge in [-0.3, -0.25) is 10.1 Å². The van der Waals surface area contributed by atoms with Crippen molar-refractivity contribution in [2.45, 2.75) is 27.2 Å². The highest BCUT2D eigenvalue weighted by Crippen LogP contribution is 2.13. The summed E-state index contributed by atoms with van der Waals surface area (Å²) in [6, 6.07) is 7.13. The summed E-state index contributed by atoms with van der Waals surface area (Å²) in [5.41, 5.74) is 0.549. The van der Waals surface area contributed by atoms with Gasteiger partial charge in [0.2, 0.25) is 0 Å². The van der Waals surface area contributed by atoms with Crippen molar-refractivity contribution in [1.82, 2.24) is 10.2 Å². The van der Waals surface area contributed by atoms with Crippen LogP contribution in [0.3, 0.4) is 0 Å². The molecule has 4 nitrogen and oxygen atoms in total. The Labute approximate surface area is 126 Å². The first-order valence-electron chi connectivity index (χ1n) is 6.95. The van der Waals surface area contributed by atoms with Crippen molar-refractivity contribution < 1.29 is 9.53 Å². The summed E-state index contributed by atoms with van der Waals surface area (Å²) >= 11 is 5.22. The molecule has 0 saturated heterocycles. The molecule has 20 heavy (non-hydrogen) atoms. The standard InChI is InChI=1S/C15H22N2O2S/c1-4-10-19-13-9-7-8-12(11-13)14(18)16-15(20)17(5-2)6-3/h7-9,11H,4-6,10H2,1-3H3,(H,16,18,20). The first kappa shape index (κ1) is 16.4. The lowest BCUT2D eigenvalue weighted by Crippen LogP contribution is -2.42. The molecular formula is C15H22N2O2S. The summed E-state index contributed by atoms with van der Waals surface area (Å²) in [6.07, 6.45) is 0.933. The number of carbonyl (C=O) groups excluding carboxylic acids is 1. The molecule has 0 unspecified atom stereocenters. The molecule has 0 aliphatic carbocycles. The minimum atomic E-state index is -0.205. The molecule has 0 radical (unpaired) electrons. The SMILES string of the molecule is CCCOc1cccc(C(=O)NC(=S)N(CC)CC)c1. The number of benzene rings is 1. The summed E-state index contributed by atoms with van der Waals surface area (Å²) in [6.45, 7) is 8.23. The van der Waals surface area contributed by atoms with Crippen LogP contribution >= 0.6 is 12.2 Å². The van der Waals surface area contributed by atoms with E-state index in [0.29, 0.717) is 23.0 Å². The number of hydrogen-bond acceptors (Lipinski definition) is 3. The van der Waals surface area contributed by atoms with E-state index in [4.69, 9.17) is 17.0 Å². The topological polar surface area (TPSA) is 41.6 Å². The van der Waals surface area contributed by atoms with E-state index in [1.54, 1.807) is 18.2 Å². The molecule has 5 heteroatoms. The molecule has 0 bridgehead atoms. The van der Waals surface area contributed by atoms with Crippen molar-refractivity contribution in [2.75, 3.05) is 19.7 Å². The molecule has 0 aliphatic rings. The van der Waals surface area contributed by atoms with E-state index in [-0.39, 0.29) is 5.91 Å². The highest BCUT2D eigenvalue weighted by Gasteiger charge is 2.12. The fourth-order valence-electron chi connectivity index (χ4n) is 1.71. The third-order valence-corrected chi connectivity index (χ3v) is 3.20. The van der Waals surface area contributed by atoms with Gasteiger partial charge in [0.1, 0.15) is 5.75 Å². The molecule has 0 saturated carbocycles. The minimum Gasteiger partial charge on any atom is -0.494 e. The smallest absolute Gasteiger partial charge is 0.257 e. The van der Waals surface area contributed by atoms with Crippen LogP contribution in [-0.2, 0) is 0 Å². The molecule has 1 aromatic rings. The van der Waals surface area contributed by atoms with Crippen LogP contribution in [0.25, 0.3) is 0 Å². The average Bonchev–Trinajstić information content (AvgIpc) is 2.46. The van der Waals surface area contributed by atoms with Gasteiger partial charge in [-0.15, -0.1) is 0 Å². The molecule has 0 atom stereocenters. The van der Waals surface area contributed by atoms with Crippen LogP contribution in [0.5, 0.6) is 5.75 Å². The Hall–Kier alpha value is -1.62. The summed E-state index contributed by atoms with van der Waals surface area (Å²) in [4.78, 5) is 14.1. The number of carbonyl (C=O) groups is 1. The number of thiocarbonyl (C=S) groups is 1. The fourth-order valence-corrected chi connectivity index (χ4v) is 2.06. The lowest BCUT2D eigenvalue weighted by molar-refractivity contribution is 0.0973. The van der Waals surface area contributed by atoms with E-state index in [1.165, 1.54) is 0 Å². The van der Waals surface area contributed by atoms with Gasteiger partial charge in [-0.25, -0.2) is 0 Å². The second-order valence-corrected chi connectivity index (χ2v) is 4.69. The van der Waals surface area contributed by atoms with Crippen LogP contribution in [0.1, 0.15) is 37.6 Å². The van der Waals surface area contributed by atoms with E-state index in [2.05, 4.69) is 5.32 Å². The van der Waals surface area contributed by atoms with Gasteiger partial charge in [-0.05, 0) is 50.7 Å². The van der Waals surface area contributed by atoms with Crippen molar-refractivity contribution in [2.24, 2.45) is 0 Å². The summed E-state index contributed by atoms with van der Waals surface area (Å²) < 4.78 is 5.52. The highest BCUT2D eigenvalue weighted by atomic mass is 32.1. The van der Waals surface area contributed by atoms with Crippen LogP contribution in [0, 0.1) is 0 Å². The number of amides is 1. The van der Waals surface area contributed by atoms with Crippen LogP contribution in [-0.4, -0.2) is 35.6 Å². The quantitative estimate of drug-likeness (QED) is 0.819. The van der Waals surface area contributed by atoms with Gasteiger partial charge in [0.25, 0.3) is 5.91 Å².